The average molecular weight is 691 g/mol. The number of aromatic nitrogens is 4. The van der Waals surface area contributed by atoms with Gasteiger partial charge in [-0.2, -0.15) is 0 Å². The molecule has 6 aromatic heterocycles. The quantitative estimate of drug-likeness (QED) is 0.172. The Balaban J connectivity index is 0.980. The van der Waals surface area contributed by atoms with Crippen LogP contribution < -0.4 is 0 Å². The van der Waals surface area contributed by atoms with Gasteiger partial charge in [-0.1, -0.05) is 84.9 Å². The maximum Gasteiger partial charge on any atom is 0.135 e. The van der Waals surface area contributed by atoms with E-state index in [1.807, 2.05) is 60.7 Å². The summed E-state index contributed by atoms with van der Waals surface area (Å²) in [7, 11) is 0. The second-order valence-corrected chi connectivity index (χ2v) is 13.8. The van der Waals surface area contributed by atoms with Gasteiger partial charge in [-0.05, 0) is 72.8 Å². The molecule has 54 heavy (non-hydrogen) atoms. The van der Waals surface area contributed by atoms with Crippen LogP contribution in [0.15, 0.2) is 167 Å². The Morgan fingerprint density at radius 1 is 0.278 bits per heavy atom. The molecule has 6 aromatic carbocycles. The molecule has 6 heterocycles. The zero-order valence-corrected chi connectivity index (χ0v) is 28.6. The molecular formula is C48H26N4O2. The number of pyridine rings is 4. The van der Waals surface area contributed by atoms with E-state index in [1.165, 1.54) is 0 Å². The van der Waals surface area contributed by atoms with Crippen molar-refractivity contribution in [1.82, 2.24) is 19.9 Å². The Kier molecular flexibility index (Phi) is 5.96. The molecule has 0 amide bonds. The molecule has 0 saturated heterocycles. The molecule has 12 aromatic rings. The summed E-state index contributed by atoms with van der Waals surface area (Å²) in [4.78, 5) is 20.9. The van der Waals surface area contributed by atoms with E-state index in [0.717, 1.165) is 121 Å². The zero-order chi connectivity index (χ0) is 35.3. The van der Waals surface area contributed by atoms with Crippen LogP contribution in [0.5, 0.6) is 0 Å². The van der Waals surface area contributed by atoms with Crippen molar-refractivity contribution in [2.75, 3.05) is 0 Å². The summed E-state index contributed by atoms with van der Waals surface area (Å²) in [5, 5.41) is 8.44. The van der Waals surface area contributed by atoms with Gasteiger partial charge in [0, 0.05) is 54.2 Å². The maximum atomic E-state index is 6.08. The van der Waals surface area contributed by atoms with E-state index in [-0.39, 0.29) is 0 Å². The van der Waals surface area contributed by atoms with Crippen LogP contribution in [0.1, 0.15) is 0 Å². The molecule has 0 saturated carbocycles. The van der Waals surface area contributed by atoms with Crippen molar-refractivity contribution in [2.24, 2.45) is 0 Å². The fourth-order valence-electron chi connectivity index (χ4n) is 7.91. The average Bonchev–Trinajstić information content (AvgIpc) is 3.80. The summed E-state index contributed by atoms with van der Waals surface area (Å²) in [5.41, 5.74) is 12.2. The molecule has 0 spiro atoms. The third kappa shape index (κ3) is 4.40. The van der Waals surface area contributed by atoms with E-state index < -0.39 is 0 Å². The summed E-state index contributed by atoms with van der Waals surface area (Å²) >= 11 is 0. The Bertz CT molecular complexity index is 3290. The van der Waals surface area contributed by atoms with Crippen LogP contribution in [-0.2, 0) is 0 Å². The highest BCUT2D eigenvalue weighted by atomic mass is 16.3. The van der Waals surface area contributed by atoms with Crippen LogP contribution in [0.4, 0.5) is 0 Å². The number of hydrogen-bond acceptors (Lipinski definition) is 6. The highest BCUT2D eigenvalue weighted by molar-refractivity contribution is 6.09. The smallest absolute Gasteiger partial charge is 0.135 e. The molecule has 0 atom stereocenters. The minimum absolute atomic E-state index is 0.779. The van der Waals surface area contributed by atoms with Crippen molar-refractivity contribution >= 4 is 87.5 Å². The Morgan fingerprint density at radius 3 is 1.04 bits per heavy atom. The Hall–Kier alpha value is -7.44. The molecule has 0 unspecified atom stereocenters. The molecule has 0 aliphatic rings. The van der Waals surface area contributed by atoms with Gasteiger partial charge >= 0.3 is 0 Å². The van der Waals surface area contributed by atoms with E-state index in [9.17, 15) is 0 Å². The summed E-state index contributed by atoms with van der Waals surface area (Å²) < 4.78 is 12.2. The van der Waals surface area contributed by atoms with Gasteiger partial charge < -0.3 is 8.83 Å². The first-order valence-electron chi connectivity index (χ1n) is 18.0. The molecule has 6 heteroatoms. The first kappa shape index (κ1) is 29.2. The second-order valence-electron chi connectivity index (χ2n) is 13.8. The van der Waals surface area contributed by atoms with Crippen LogP contribution in [0.3, 0.4) is 0 Å². The molecule has 250 valence electrons. The van der Waals surface area contributed by atoms with Crippen molar-refractivity contribution in [3.63, 3.8) is 0 Å². The van der Waals surface area contributed by atoms with Crippen molar-refractivity contribution < 1.29 is 8.83 Å². The SMILES string of the molecule is c1ccc2c(c1)oc1ccc(-c3ccc4ccc5ccc(-c6ccc7ccc8ccc(-c9ccc%10oc%11ccccc%11c%10c9)nc8c7n6)nc5c4n3)cc12. The molecular weight excluding hydrogens is 665 g/mol. The fraction of sp³-hybridized carbons (Fsp3) is 0. The van der Waals surface area contributed by atoms with Crippen LogP contribution in [0, 0.1) is 0 Å². The van der Waals surface area contributed by atoms with Gasteiger partial charge in [-0.25, -0.2) is 19.9 Å². The van der Waals surface area contributed by atoms with E-state index in [0.29, 0.717) is 0 Å². The molecule has 0 radical (unpaired) electrons. The summed E-state index contributed by atoms with van der Waals surface area (Å²) in [6.45, 7) is 0. The predicted octanol–water partition coefficient (Wildman–Crippen LogP) is 12.7. The van der Waals surface area contributed by atoms with Crippen molar-refractivity contribution in [2.45, 2.75) is 0 Å². The maximum absolute atomic E-state index is 6.08. The number of para-hydroxylation sites is 2. The van der Waals surface area contributed by atoms with E-state index in [2.05, 4.69) is 97.1 Å². The largest absolute Gasteiger partial charge is 0.456 e. The highest BCUT2D eigenvalue weighted by Crippen LogP contribution is 2.36. The van der Waals surface area contributed by atoms with Gasteiger partial charge in [-0.15, -0.1) is 0 Å². The first-order chi connectivity index (χ1) is 26.7. The summed E-state index contributed by atoms with van der Waals surface area (Å²) in [5.74, 6) is 0. The number of nitrogens with zero attached hydrogens (tertiary/aromatic N) is 4. The Labute approximate surface area is 307 Å². The van der Waals surface area contributed by atoms with Crippen molar-refractivity contribution in [3.8, 4) is 33.9 Å². The lowest BCUT2D eigenvalue weighted by atomic mass is 10.0. The third-order valence-corrected chi connectivity index (χ3v) is 10.6. The van der Waals surface area contributed by atoms with Crippen LogP contribution in [-0.4, -0.2) is 19.9 Å². The van der Waals surface area contributed by atoms with Gasteiger partial charge in [0.25, 0.3) is 0 Å². The topological polar surface area (TPSA) is 77.8 Å². The molecule has 0 fully saturated rings. The fourth-order valence-corrected chi connectivity index (χ4v) is 7.91. The number of fused-ring (bicyclic) bond motifs is 12. The van der Waals surface area contributed by atoms with E-state index >= 15 is 0 Å². The highest BCUT2D eigenvalue weighted by Gasteiger charge is 2.15. The van der Waals surface area contributed by atoms with E-state index in [4.69, 9.17) is 28.8 Å². The second kappa shape index (κ2) is 11.0. The number of rotatable bonds is 3. The molecule has 0 aliphatic heterocycles. The van der Waals surface area contributed by atoms with Gasteiger partial charge in [0.2, 0.25) is 0 Å². The lowest BCUT2D eigenvalue weighted by Gasteiger charge is -2.10. The number of benzene rings is 6. The number of furan rings is 2. The molecule has 0 N–H and O–H groups in total. The van der Waals surface area contributed by atoms with Crippen LogP contribution in [0.2, 0.25) is 0 Å². The predicted molar refractivity (Wildman–Crippen MR) is 219 cm³/mol. The van der Waals surface area contributed by atoms with Gasteiger partial charge in [0.05, 0.1) is 44.8 Å². The zero-order valence-electron chi connectivity index (χ0n) is 28.6. The monoisotopic (exact) mass is 690 g/mol. The minimum Gasteiger partial charge on any atom is -0.456 e. The molecule has 0 aliphatic carbocycles. The van der Waals surface area contributed by atoms with Crippen molar-refractivity contribution in [3.05, 3.63) is 158 Å². The Morgan fingerprint density at radius 2 is 0.611 bits per heavy atom. The lowest BCUT2D eigenvalue weighted by Crippen LogP contribution is -1.94. The van der Waals surface area contributed by atoms with Gasteiger partial charge in [-0.3, -0.25) is 0 Å². The van der Waals surface area contributed by atoms with Gasteiger partial charge in [0.1, 0.15) is 22.3 Å². The molecule has 6 nitrogen and oxygen atoms in total. The normalized spacial score (nSPS) is 12.1. The standard InChI is InChI=1S/C48H26N4O2/c1-3-7-41-33(5-1)35-25-31(17-23-43(35)53-41)37-19-13-27-9-11-29-15-21-39(51-47(29)45(27)49-37)40-22-16-30-12-10-28-14-20-38(50-46(28)48(30)52-40)32-18-24-44-36(26-32)34-6-2-4-8-42(34)54-44/h1-26H. The summed E-state index contributed by atoms with van der Waals surface area (Å²) in [6, 6.07) is 54.0. The minimum atomic E-state index is 0.779. The third-order valence-electron chi connectivity index (χ3n) is 10.6. The number of hydrogen-bond donors (Lipinski definition) is 0. The lowest BCUT2D eigenvalue weighted by molar-refractivity contribution is 0.668. The van der Waals surface area contributed by atoms with Gasteiger partial charge in [0.15, 0.2) is 0 Å². The molecule has 12 rings (SSSR count). The van der Waals surface area contributed by atoms with Crippen molar-refractivity contribution in [1.29, 1.82) is 0 Å². The first-order valence-corrected chi connectivity index (χ1v) is 18.0. The van der Waals surface area contributed by atoms with E-state index in [1.54, 1.807) is 0 Å². The summed E-state index contributed by atoms with van der Waals surface area (Å²) in [6.07, 6.45) is 0. The van der Waals surface area contributed by atoms with Crippen LogP contribution >= 0.6 is 0 Å². The van der Waals surface area contributed by atoms with Crippen LogP contribution in [0.25, 0.3) is 121 Å². The molecule has 0 bridgehead atoms.